The first-order valence-electron chi connectivity index (χ1n) is 8.53. The molecule has 0 aliphatic rings. The van der Waals surface area contributed by atoms with Gasteiger partial charge in [-0.25, -0.2) is 4.98 Å². The molecule has 7 nitrogen and oxygen atoms in total. The van der Waals surface area contributed by atoms with Crippen molar-refractivity contribution in [2.75, 3.05) is 20.1 Å². The zero-order valence-electron chi connectivity index (χ0n) is 15.8. The Morgan fingerprint density at radius 1 is 1.11 bits per heavy atom. The summed E-state index contributed by atoms with van der Waals surface area (Å²) in [6.45, 7) is 4.67. The highest BCUT2D eigenvalue weighted by Crippen LogP contribution is 2.29. The highest BCUT2D eigenvalue weighted by atomic mass is 19.4. The van der Waals surface area contributed by atoms with Crippen LogP contribution in [0.25, 0.3) is 0 Å². The summed E-state index contributed by atoms with van der Waals surface area (Å²) in [4.78, 5) is 20.3. The molecule has 0 atom stereocenters. The molecular weight excluding hydrogens is 375 g/mol. The van der Waals surface area contributed by atoms with E-state index in [0.29, 0.717) is 24.9 Å². The Kier molecular flexibility index (Phi) is 7.02. The average Bonchev–Trinajstić information content (AvgIpc) is 2.98. The molecule has 1 amide bonds. The van der Waals surface area contributed by atoms with Crippen molar-refractivity contribution in [3.63, 3.8) is 0 Å². The third-order valence-corrected chi connectivity index (χ3v) is 3.88. The minimum atomic E-state index is -4.43. The lowest BCUT2D eigenvalue weighted by Gasteiger charge is -2.11. The number of hydrogen-bond donors (Lipinski definition) is 3. The maximum atomic E-state index is 12.5. The van der Waals surface area contributed by atoms with E-state index in [-0.39, 0.29) is 12.1 Å². The van der Waals surface area contributed by atoms with Crippen molar-refractivity contribution < 1.29 is 22.4 Å². The summed E-state index contributed by atoms with van der Waals surface area (Å²) in [6, 6.07) is 4.05. The number of amides is 1. The van der Waals surface area contributed by atoms with Gasteiger partial charge < -0.3 is 20.4 Å². The number of oxazole rings is 1. The molecule has 1 aromatic carbocycles. The predicted molar refractivity (Wildman–Crippen MR) is 98.0 cm³/mol. The molecule has 0 saturated carbocycles. The lowest BCUT2D eigenvalue weighted by molar-refractivity contribution is -0.137. The monoisotopic (exact) mass is 397 g/mol. The van der Waals surface area contributed by atoms with Crippen LogP contribution in [0.4, 0.5) is 13.2 Å². The van der Waals surface area contributed by atoms with E-state index >= 15 is 0 Å². The number of benzene rings is 1. The second-order valence-electron chi connectivity index (χ2n) is 5.93. The topological polar surface area (TPSA) is 91.5 Å². The van der Waals surface area contributed by atoms with Crippen molar-refractivity contribution in [3.8, 4) is 0 Å². The van der Waals surface area contributed by atoms with E-state index < -0.39 is 17.6 Å². The summed E-state index contributed by atoms with van der Waals surface area (Å²) in [7, 11) is 1.60. The van der Waals surface area contributed by atoms with E-state index in [1.807, 2.05) is 13.8 Å². The van der Waals surface area contributed by atoms with Crippen LogP contribution in [0.1, 0.15) is 33.3 Å². The first-order valence-corrected chi connectivity index (χ1v) is 8.53. The average molecular weight is 397 g/mol. The van der Waals surface area contributed by atoms with Crippen molar-refractivity contribution in [2.24, 2.45) is 4.99 Å². The van der Waals surface area contributed by atoms with Crippen LogP contribution in [0.2, 0.25) is 0 Å². The molecule has 0 spiro atoms. The first kappa shape index (κ1) is 21.3. The molecule has 2 rings (SSSR count). The molecule has 0 aliphatic heterocycles. The van der Waals surface area contributed by atoms with E-state index in [1.54, 1.807) is 7.05 Å². The quantitative estimate of drug-likeness (QED) is 0.396. The molecule has 3 N–H and O–H groups in total. The largest absolute Gasteiger partial charge is 0.444 e. The van der Waals surface area contributed by atoms with E-state index in [2.05, 4.69) is 25.9 Å². The van der Waals surface area contributed by atoms with Crippen LogP contribution in [0.15, 0.2) is 33.7 Å². The van der Waals surface area contributed by atoms with Gasteiger partial charge in [0.25, 0.3) is 5.91 Å². The summed E-state index contributed by atoms with van der Waals surface area (Å²) < 4.78 is 43.1. The van der Waals surface area contributed by atoms with Gasteiger partial charge in [-0.3, -0.25) is 9.79 Å². The number of hydrogen-bond acceptors (Lipinski definition) is 4. The van der Waals surface area contributed by atoms with Gasteiger partial charge in [0.15, 0.2) is 5.96 Å². The molecule has 0 unspecified atom stereocenters. The van der Waals surface area contributed by atoms with Gasteiger partial charge in [-0.05, 0) is 38.1 Å². The lowest BCUT2D eigenvalue weighted by Crippen LogP contribution is -2.41. The Hall–Kier alpha value is -3.04. The van der Waals surface area contributed by atoms with E-state index in [0.717, 1.165) is 35.7 Å². The maximum Gasteiger partial charge on any atom is 0.416 e. The number of halogens is 3. The molecule has 0 radical (unpaired) electrons. The second kappa shape index (κ2) is 9.25. The van der Waals surface area contributed by atoms with Crippen molar-refractivity contribution in [3.05, 3.63) is 52.7 Å². The molecule has 0 bridgehead atoms. The Bertz CT molecular complexity index is 809. The van der Waals surface area contributed by atoms with Crippen LogP contribution in [0.3, 0.4) is 0 Å². The number of carbonyl (C=O) groups excluding carboxylic acids is 1. The van der Waals surface area contributed by atoms with Gasteiger partial charge in [0, 0.05) is 25.7 Å². The standard InChI is InChI=1S/C18H22F3N5O2/c1-11-12(2)28-15(26-11)10-25-17(22-3)24-9-8-23-16(27)13-4-6-14(7-5-13)18(19,20)21/h4-7H,8-10H2,1-3H3,(H,23,27)(H2,22,24,25). The fraction of sp³-hybridized carbons (Fsp3) is 0.389. The van der Waals surface area contributed by atoms with Gasteiger partial charge in [0.1, 0.15) is 5.76 Å². The molecular formula is C18H22F3N5O2. The van der Waals surface area contributed by atoms with Crippen LogP contribution < -0.4 is 16.0 Å². The van der Waals surface area contributed by atoms with Crippen molar-refractivity contribution in [1.82, 2.24) is 20.9 Å². The number of aliphatic imine (C=N–C) groups is 1. The van der Waals surface area contributed by atoms with Crippen molar-refractivity contribution >= 4 is 11.9 Å². The number of aryl methyl sites for hydroxylation is 2. The van der Waals surface area contributed by atoms with Gasteiger partial charge >= 0.3 is 6.18 Å². The summed E-state index contributed by atoms with van der Waals surface area (Å²) in [5, 5.41) is 8.66. The van der Waals surface area contributed by atoms with Crippen molar-refractivity contribution in [2.45, 2.75) is 26.6 Å². The lowest BCUT2D eigenvalue weighted by atomic mass is 10.1. The summed E-state index contributed by atoms with van der Waals surface area (Å²) in [5.41, 5.74) is 0.188. The molecule has 0 aliphatic carbocycles. The zero-order valence-corrected chi connectivity index (χ0v) is 15.8. The highest BCUT2D eigenvalue weighted by molar-refractivity contribution is 5.94. The number of guanidine groups is 1. The third-order valence-electron chi connectivity index (χ3n) is 3.88. The molecule has 152 valence electrons. The number of alkyl halides is 3. The van der Waals surface area contributed by atoms with Crippen LogP contribution >= 0.6 is 0 Å². The molecule has 1 aromatic heterocycles. The number of rotatable bonds is 6. The van der Waals surface area contributed by atoms with Gasteiger partial charge in [-0.2, -0.15) is 13.2 Å². The number of nitrogens with zero attached hydrogens (tertiary/aromatic N) is 2. The van der Waals surface area contributed by atoms with Crippen molar-refractivity contribution in [1.29, 1.82) is 0 Å². The van der Waals surface area contributed by atoms with Gasteiger partial charge in [-0.15, -0.1) is 0 Å². The molecule has 28 heavy (non-hydrogen) atoms. The summed E-state index contributed by atoms with van der Waals surface area (Å²) in [5.74, 6) is 1.33. The van der Waals surface area contributed by atoms with E-state index in [4.69, 9.17) is 4.42 Å². The molecule has 10 heteroatoms. The predicted octanol–water partition coefficient (Wildman–Crippen LogP) is 2.41. The highest BCUT2D eigenvalue weighted by Gasteiger charge is 2.30. The normalized spacial score (nSPS) is 12.0. The summed E-state index contributed by atoms with van der Waals surface area (Å²) in [6.07, 6.45) is -4.43. The van der Waals surface area contributed by atoms with E-state index in [9.17, 15) is 18.0 Å². The Labute approximate surface area is 160 Å². The Morgan fingerprint density at radius 2 is 1.75 bits per heavy atom. The second-order valence-corrected chi connectivity index (χ2v) is 5.93. The van der Waals surface area contributed by atoms with Gasteiger partial charge in [-0.1, -0.05) is 0 Å². The van der Waals surface area contributed by atoms with Crippen LogP contribution in [0.5, 0.6) is 0 Å². The number of aromatic nitrogens is 1. The first-order chi connectivity index (χ1) is 13.2. The SMILES string of the molecule is CN=C(NCCNC(=O)c1ccc(C(F)(F)F)cc1)NCc1nc(C)c(C)o1. The minimum absolute atomic E-state index is 0.158. The zero-order chi connectivity index (χ0) is 20.7. The fourth-order valence-electron chi connectivity index (χ4n) is 2.26. The number of carbonyl (C=O) groups is 1. The number of nitrogens with one attached hydrogen (secondary N) is 3. The van der Waals surface area contributed by atoms with Crippen LogP contribution in [0, 0.1) is 13.8 Å². The molecule has 2 aromatic rings. The van der Waals surface area contributed by atoms with Crippen LogP contribution in [-0.2, 0) is 12.7 Å². The van der Waals surface area contributed by atoms with Gasteiger partial charge in [0.05, 0.1) is 17.8 Å². The molecule has 1 heterocycles. The maximum absolute atomic E-state index is 12.5. The van der Waals surface area contributed by atoms with Gasteiger partial charge in [0.2, 0.25) is 5.89 Å². The third kappa shape index (κ3) is 6.00. The fourth-order valence-corrected chi connectivity index (χ4v) is 2.26. The van der Waals surface area contributed by atoms with Crippen LogP contribution in [-0.4, -0.2) is 37.0 Å². The molecule has 0 saturated heterocycles. The minimum Gasteiger partial charge on any atom is -0.444 e. The Morgan fingerprint density at radius 3 is 2.29 bits per heavy atom. The summed E-state index contributed by atoms with van der Waals surface area (Å²) >= 11 is 0. The van der Waals surface area contributed by atoms with E-state index in [1.165, 1.54) is 0 Å². The molecule has 0 fully saturated rings. The Balaban J connectivity index is 1.73. The smallest absolute Gasteiger partial charge is 0.416 e.